The van der Waals surface area contributed by atoms with Gasteiger partial charge in [0.25, 0.3) is 5.69 Å². The number of methoxy groups -OCH3 is 1. The molecular weight excluding hydrogens is 262 g/mol. The number of aromatic nitrogens is 2. The number of carbonyl (C=O) groups excluding carboxylic acids is 1. The molecule has 0 saturated heterocycles. The summed E-state index contributed by atoms with van der Waals surface area (Å²) < 4.78 is 6.29. The van der Waals surface area contributed by atoms with Gasteiger partial charge in [0.05, 0.1) is 30.6 Å². The molecule has 0 aliphatic carbocycles. The summed E-state index contributed by atoms with van der Waals surface area (Å²) in [6.07, 6.45) is 2.90. The predicted molar refractivity (Wildman–Crippen MR) is 70.5 cm³/mol. The third kappa shape index (κ3) is 2.51. The number of esters is 1. The van der Waals surface area contributed by atoms with Crippen LogP contribution in [0.5, 0.6) is 0 Å². The highest BCUT2D eigenvalue weighted by molar-refractivity contribution is 5.87. The van der Waals surface area contributed by atoms with Crippen LogP contribution in [0.2, 0.25) is 0 Å². The number of ether oxygens (including phenoxy) is 1. The minimum Gasteiger partial charge on any atom is -0.464 e. The van der Waals surface area contributed by atoms with Crippen molar-refractivity contribution < 1.29 is 14.5 Å². The fourth-order valence-electron chi connectivity index (χ4n) is 1.93. The Balaban J connectivity index is 2.39. The van der Waals surface area contributed by atoms with Gasteiger partial charge in [-0.25, -0.2) is 9.78 Å². The van der Waals surface area contributed by atoms with Crippen molar-refractivity contribution in [3.63, 3.8) is 0 Å². The minimum absolute atomic E-state index is 0.00841. The van der Waals surface area contributed by atoms with Crippen LogP contribution in [0.1, 0.15) is 29.0 Å². The van der Waals surface area contributed by atoms with Gasteiger partial charge in [0.1, 0.15) is 5.69 Å². The molecule has 0 aliphatic rings. The SMILES string of the molecule is COC(=O)c1cncn1[C@H](C)c1cccc([N+](=O)[O-])c1. The fraction of sp³-hybridized carbons (Fsp3) is 0.231. The van der Waals surface area contributed by atoms with Crippen LogP contribution < -0.4 is 0 Å². The van der Waals surface area contributed by atoms with Crippen molar-refractivity contribution in [3.8, 4) is 0 Å². The summed E-state index contributed by atoms with van der Waals surface area (Å²) in [5.41, 5.74) is 1.02. The average Bonchev–Trinajstić information content (AvgIpc) is 2.95. The number of nitro groups is 1. The van der Waals surface area contributed by atoms with Gasteiger partial charge in [-0.2, -0.15) is 0 Å². The van der Waals surface area contributed by atoms with E-state index in [9.17, 15) is 14.9 Å². The van der Waals surface area contributed by atoms with Gasteiger partial charge < -0.3 is 9.30 Å². The van der Waals surface area contributed by atoms with E-state index in [1.165, 1.54) is 31.8 Å². The molecule has 7 heteroatoms. The molecule has 0 spiro atoms. The maximum absolute atomic E-state index is 11.6. The van der Waals surface area contributed by atoms with Crippen LogP contribution in [-0.4, -0.2) is 27.6 Å². The molecule has 0 unspecified atom stereocenters. The van der Waals surface area contributed by atoms with Gasteiger partial charge in [-0.3, -0.25) is 10.1 Å². The first-order valence-electron chi connectivity index (χ1n) is 5.89. The van der Waals surface area contributed by atoms with Crippen molar-refractivity contribution in [2.45, 2.75) is 13.0 Å². The molecule has 0 N–H and O–H groups in total. The van der Waals surface area contributed by atoms with E-state index in [1.54, 1.807) is 16.7 Å². The first-order valence-corrected chi connectivity index (χ1v) is 5.89. The van der Waals surface area contributed by atoms with Gasteiger partial charge in [-0.05, 0) is 12.5 Å². The Bertz CT molecular complexity index is 651. The Morgan fingerprint density at radius 2 is 2.25 bits per heavy atom. The number of nitro benzene ring substituents is 1. The smallest absolute Gasteiger partial charge is 0.356 e. The molecule has 0 aliphatic heterocycles. The molecule has 0 bridgehead atoms. The Morgan fingerprint density at radius 1 is 1.50 bits per heavy atom. The van der Waals surface area contributed by atoms with Crippen LogP contribution in [-0.2, 0) is 4.74 Å². The van der Waals surface area contributed by atoms with E-state index in [-0.39, 0.29) is 11.7 Å². The van der Waals surface area contributed by atoms with E-state index >= 15 is 0 Å². The summed E-state index contributed by atoms with van der Waals surface area (Å²) in [5, 5.41) is 10.8. The summed E-state index contributed by atoms with van der Waals surface area (Å²) in [6.45, 7) is 1.83. The molecular formula is C13H13N3O4. The fourth-order valence-corrected chi connectivity index (χ4v) is 1.93. The monoisotopic (exact) mass is 275 g/mol. The number of nitrogens with zero attached hydrogens (tertiary/aromatic N) is 3. The van der Waals surface area contributed by atoms with Crippen LogP contribution >= 0.6 is 0 Å². The highest BCUT2D eigenvalue weighted by atomic mass is 16.6. The lowest BCUT2D eigenvalue weighted by Gasteiger charge is -2.15. The number of hydrogen-bond acceptors (Lipinski definition) is 5. The van der Waals surface area contributed by atoms with E-state index < -0.39 is 10.9 Å². The molecule has 20 heavy (non-hydrogen) atoms. The maximum Gasteiger partial charge on any atom is 0.356 e. The lowest BCUT2D eigenvalue weighted by Crippen LogP contribution is -2.14. The molecule has 1 atom stereocenters. The topological polar surface area (TPSA) is 87.3 Å². The van der Waals surface area contributed by atoms with Crippen molar-refractivity contribution in [1.29, 1.82) is 0 Å². The van der Waals surface area contributed by atoms with Crippen LogP contribution in [0.3, 0.4) is 0 Å². The van der Waals surface area contributed by atoms with Crippen LogP contribution in [0.4, 0.5) is 5.69 Å². The zero-order valence-corrected chi connectivity index (χ0v) is 11.0. The first kappa shape index (κ1) is 13.7. The van der Waals surface area contributed by atoms with Crippen molar-refractivity contribution in [2.75, 3.05) is 7.11 Å². The summed E-state index contributed by atoms with van der Waals surface area (Å²) in [5.74, 6) is -0.500. The number of carbonyl (C=O) groups is 1. The largest absolute Gasteiger partial charge is 0.464 e. The van der Waals surface area contributed by atoms with E-state index in [4.69, 9.17) is 0 Å². The van der Waals surface area contributed by atoms with Gasteiger partial charge in [0, 0.05) is 12.1 Å². The average molecular weight is 275 g/mol. The second-order valence-corrected chi connectivity index (χ2v) is 4.21. The first-order chi connectivity index (χ1) is 9.54. The van der Waals surface area contributed by atoms with Gasteiger partial charge in [-0.15, -0.1) is 0 Å². The molecule has 104 valence electrons. The summed E-state index contributed by atoms with van der Waals surface area (Å²) in [6, 6.07) is 6.00. The van der Waals surface area contributed by atoms with Crippen LogP contribution in [0.15, 0.2) is 36.8 Å². The number of imidazole rings is 1. The lowest BCUT2D eigenvalue weighted by atomic mass is 10.1. The molecule has 0 radical (unpaired) electrons. The molecule has 2 aromatic rings. The van der Waals surface area contributed by atoms with Gasteiger partial charge in [0.15, 0.2) is 0 Å². The summed E-state index contributed by atoms with van der Waals surface area (Å²) in [4.78, 5) is 25.9. The normalized spacial score (nSPS) is 11.9. The highest BCUT2D eigenvalue weighted by Gasteiger charge is 2.18. The quantitative estimate of drug-likeness (QED) is 0.485. The zero-order valence-electron chi connectivity index (χ0n) is 11.0. The Labute approximate surface area is 115 Å². The van der Waals surface area contributed by atoms with Crippen molar-refractivity contribution in [3.05, 3.63) is 58.2 Å². The Kier molecular flexibility index (Phi) is 3.79. The van der Waals surface area contributed by atoms with Gasteiger partial charge in [-0.1, -0.05) is 12.1 Å². The number of hydrogen-bond donors (Lipinski definition) is 0. The van der Waals surface area contributed by atoms with Crippen LogP contribution in [0.25, 0.3) is 0 Å². The molecule has 0 fully saturated rings. The third-order valence-electron chi connectivity index (χ3n) is 3.04. The second-order valence-electron chi connectivity index (χ2n) is 4.21. The molecule has 2 rings (SSSR count). The molecule has 1 heterocycles. The highest BCUT2D eigenvalue weighted by Crippen LogP contribution is 2.23. The molecule has 1 aromatic heterocycles. The number of non-ortho nitro benzene ring substituents is 1. The van der Waals surface area contributed by atoms with E-state index in [0.29, 0.717) is 11.3 Å². The van der Waals surface area contributed by atoms with Gasteiger partial charge >= 0.3 is 5.97 Å². The Hall–Kier alpha value is -2.70. The summed E-state index contributed by atoms with van der Waals surface area (Å²) >= 11 is 0. The van der Waals surface area contributed by atoms with Crippen molar-refractivity contribution >= 4 is 11.7 Å². The van der Waals surface area contributed by atoms with E-state index in [2.05, 4.69) is 9.72 Å². The molecule has 7 nitrogen and oxygen atoms in total. The molecule has 0 saturated carbocycles. The standard InChI is InChI=1S/C13H13N3O4/c1-9(10-4-3-5-11(6-10)16(18)19)15-8-14-7-12(15)13(17)20-2/h3-9H,1-2H3/t9-/m1/s1. The lowest BCUT2D eigenvalue weighted by molar-refractivity contribution is -0.384. The number of benzene rings is 1. The second kappa shape index (κ2) is 5.52. The Morgan fingerprint density at radius 3 is 2.90 bits per heavy atom. The predicted octanol–water partition coefficient (Wildman–Crippen LogP) is 2.19. The van der Waals surface area contributed by atoms with Gasteiger partial charge in [0.2, 0.25) is 0 Å². The third-order valence-corrected chi connectivity index (χ3v) is 3.04. The van der Waals surface area contributed by atoms with Crippen LogP contribution in [0, 0.1) is 10.1 Å². The van der Waals surface area contributed by atoms with E-state index in [1.807, 2.05) is 6.92 Å². The maximum atomic E-state index is 11.6. The van der Waals surface area contributed by atoms with E-state index in [0.717, 1.165) is 0 Å². The molecule has 0 amide bonds. The van der Waals surface area contributed by atoms with Crippen molar-refractivity contribution in [1.82, 2.24) is 9.55 Å². The zero-order chi connectivity index (χ0) is 14.7. The van der Waals surface area contributed by atoms with Crippen molar-refractivity contribution in [2.24, 2.45) is 0 Å². The summed E-state index contributed by atoms with van der Waals surface area (Å²) in [7, 11) is 1.29. The molecule has 1 aromatic carbocycles. The number of rotatable bonds is 4. The minimum atomic E-state index is -0.500.